The smallest absolute Gasteiger partial charge is 0.328 e. The molecule has 1 aliphatic heterocycles. The number of amides is 3. The molecule has 3 amide bonds. The number of urea groups is 1. The maximum atomic E-state index is 11.6. The van der Waals surface area contributed by atoms with Gasteiger partial charge in [-0.05, 0) is 26.3 Å². The van der Waals surface area contributed by atoms with Gasteiger partial charge >= 0.3 is 12.0 Å². The summed E-state index contributed by atoms with van der Waals surface area (Å²) in [5.41, 5.74) is 4.47. The van der Waals surface area contributed by atoms with Gasteiger partial charge in [0.05, 0.1) is 18.7 Å². The molecule has 0 aliphatic carbocycles. The second-order valence-electron chi connectivity index (χ2n) is 5.69. The number of carbonyl (C=O) groups excluding carboxylic acids is 2. The molecular weight excluding hydrogens is 348 g/mol. The number of rotatable bonds is 6. The van der Waals surface area contributed by atoms with Gasteiger partial charge in [-0.3, -0.25) is 4.79 Å². The van der Waals surface area contributed by atoms with Gasteiger partial charge in [-0.1, -0.05) is 5.16 Å². The number of primary amides is 1. The molecule has 1 saturated heterocycles. The molecule has 3 unspecified atom stereocenters. The highest BCUT2D eigenvalue weighted by Gasteiger charge is 2.25. The van der Waals surface area contributed by atoms with Crippen molar-refractivity contribution in [2.75, 3.05) is 6.54 Å². The van der Waals surface area contributed by atoms with E-state index in [1.807, 2.05) is 0 Å². The molecule has 7 N–H and O–H groups in total. The van der Waals surface area contributed by atoms with E-state index in [0.29, 0.717) is 5.82 Å². The third kappa shape index (κ3) is 7.44. The topological polar surface area (TPSA) is 193 Å². The second kappa shape index (κ2) is 10.3. The van der Waals surface area contributed by atoms with Gasteiger partial charge in [-0.2, -0.15) is 4.98 Å². The number of nitrogens with zero attached hydrogens (tertiary/aromatic N) is 2. The molecule has 0 bridgehead atoms. The summed E-state index contributed by atoms with van der Waals surface area (Å²) < 4.78 is 5.02. The molecule has 0 radical (unpaired) electrons. The van der Waals surface area contributed by atoms with Crippen molar-refractivity contribution < 1.29 is 29.1 Å². The van der Waals surface area contributed by atoms with Crippen molar-refractivity contribution in [3.05, 3.63) is 11.7 Å². The number of aliphatic hydroxyl groups is 1. The fourth-order valence-corrected chi connectivity index (χ4v) is 2.12. The number of nitrogens with two attached hydrogens (primary N) is 1. The van der Waals surface area contributed by atoms with Crippen LogP contribution in [0.5, 0.6) is 0 Å². The van der Waals surface area contributed by atoms with Crippen LogP contribution in [0.3, 0.4) is 0 Å². The largest absolute Gasteiger partial charge is 0.480 e. The number of hydrogen-bond donors (Lipinski definition) is 6. The molecular formula is C14H24N6O6. The monoisotopic (exact) mass is 372 g/mol. The average molecular weight is 372 g/mol. The Morgan fingerprint density at radius 1 is 1.46 bits per heavy atom. The van der Waals surface area contributed by atoms with Crippen LogP contribution in [0.15, 0.2) is 4.52 Å². The van der Waals surface area contributed by atoms with Crippen LogP contribution in [0, 0.1) is 0 Å². The van der Waals surface area contributed by atoms with Crippen LogP contribution in [-0.2, 0) is 16.1 Å². The van der Waals surface area contributed by atoms with Crippen molar-refractivity contribution in [3.63, 3.8) is 0 Å². The van der Waals surface area contributed by atoms with Crippen molar-refractivity contribution in [3.8, 4) is 0 Å². The summed E-state index contributed by atoms with van der Waals surface area (Å²) in [5.74, 6) is -0.887. The zero-order chi connectivity index (χ0) is 19.7. The molecule has 26 heavy (non-hydrogen) atoms. The number of carboxylic acid groups (broad SMARTS) is 1. The Labute approximate surface area is 149 Å². The number of aromatic nitrogens is 2. The number of carboxylic acids is 1. The van der Waals surface area contributed by atoms with Crippen molar-refractivity contribution in [2.24, 2.45) is 5.73 Å². The van der Waals surface area contributed by atoms with Gasteiger partial charge in [-0.15, -0.1) is 0 Å². The lowest BCUT2D eigenvalue weighted by atomic mass is 10.2. The van der Waals surface area contributed by atoms with E-state index in [-0.39, 0.29) is 24.4 Å². The lowest BCUT2D eigenvalue weighted by molar-refractivity contribution is -0.141. The Hall–Kier alpha value is -2.73. The minimum absolute atomic E-state index is 0.0301. The van der Waals surface area contributed by atoms with E-state index < -0.39 is 24.1 Å². The van der Waals surface area contributed by atoms with E-state index in [9.17, 15) is 19.5 Å². The minimum atomic E-state index is -1.39. The molecule has 1 aliphatic rings. The predicted octanol–water partition coefficient (Wildman–Crippen LogP) is -1.38. The van der Waals surface area contributed by atoms with Crippen LogP contribution in [-0.4, -0.2) is 57.0 Å². The first-order chi connectivity index (χ1) is 12.2. The summed E-state index contributed by atoms with van der Waals surface area (Å²) in [6.07, 6.45) is 0.763. The van der Waals surface area contributed by atoms with Gasteiger partial charge < -0.3 is 36.4 Å². The molecule has 3 atom stereocenters. The van der Waals surface area contributed by atoms with Gasteiger partial charge in [0.15, 0.2) is 11.9 Å². The summed E-state index contributed by atoms with van der Waals surface area (Å²) in [5, 5.41) is 29.7. The zero-order valence-corrected chi connectivity index (χ0v) is 14.6. The molecule has 12 nitrogen and oxygen atoms in total. The Kier molecular flexibility index (Phi) is 8.45. The molecule has 1 aromatic rings. The molecule has 12 heteroatoms. The van der Waals surface area contributed by atoms with Gasteiger partial charge in [0.25, 0.3) is 0 Å². The van der Waals surface area contributed by atoms with E-state index in [4.69, 9.17) is 9.63 Å². The minimum Gasteiger partial charge on any atom is -0.480 e. The molecule has 0 saturated carbocycles. The molecule has 1 aromatic heterocycles. The van der Waals surface area contributed by atoms with E-state index in [2.05, 4.69) is 31.8 Å². The maximum Gasteiger partial charge on any atom is 0.328 e. The van der Waals surface area contributed by atoms with Crippen molar-refractivity contribution >= 4 is 17.9 Å². The Bertz CT molecular complexity index is 609. The van der Waals surface area contributed by atoms with Gasteiger partial charge in [0.2, 0.25) is 11.8 Å². The van der Waals surface area contributed by atoms with E-state index >= 15 is 0 Å². The summed E-state index contributed by atoms with van der Waals surface area (Å²) >= 11 is 0. The molecule has 0 aromatic carbocycles. The highest BCUT2D eigenvalue weighted by Crippen LogP contribution is 2.19. The van der Waals surface area contributed by atoms with E-state index in [1.165, 1.54) is 13.8 Å². The third-order valence-corrected chi connectivity index (χ3v) is 3.29. The maximum absolute atomic E-state index is 11.6. The number of carbonyl (C=O) groups is 3. The molecule has 2 rings (SSSR count). The summed E-state index contributed by atoms with van der Waals surface area (Å²) in [7, 11) is 0. The van der Waals surface area contributed by atoms with Gasteiger partial charge in [0, 0.05) is 6.92 Å². The van der Waals surface area contributed by atoms with Crippen LogP contribution in [0.2, 0.25) is 0 Å². The van der Waals surface area contributed by atoms with Crippen LogP contribution in [0.25, 0.3) is 0 Å². The lowest BCUT2D eigenvalue weighted by Gasteiger charge is -2.16. The Balaban J connectivity index is 0.000000765. The van der Waals surface area contributed by atoms with Gasteiger partial charge in [-0.25, -0.2) is 9.59 Å². The first-order valence-corrected chi connectivity index (χ1v) is 7.97. The molecule has 146 valence electrons. The predicted molar refractivity (Wildman–Crippen MR) is 87.6 cm³/mol. The SMILES string of the molecule is CC(N)=O.CC(O)C(NC(=O)NCc1nc(C2CCCN2)no1)C(=O)O. The molecule has 2 heterocycles. The highest BCUT2D eigenvalue weighted by atomic mass is 16.5. The van der Waals surface area contributed by atoms with Crippen LogP contribution < -0.4 is 21.7 Å². The highest BCUT2D eigenvalue weighted by molar-refractivity contribution is 5.82. The standard InChI is InChI=1S/C12H19N5O5.C2H5NO/c1-6(18)9(11(19)20)16-12(21)14-5-8-15-10(17-22-8)7-3-2-4-13-7;1-2(3)4/h6-7,9,13,18H,2-5H2,1H3,(H,19,20)(H2,14,16,21);1H3,(H2,3,4). The van der Waals surface area contributed by atoms with E-state index in [1.54, 1.807) is 0 Å². The number of aliphatic carboxylic acids is 1. The summed E-state index contributed by atoms with van der Waals surface area (Å²) in [4.78, 5) is 35.8. The summed E-state index contributed by atoms with van der Waals surface area (Å²) in [6, 6.07) is -2.06. The van der Waals surface area contributed by atoms with Crippen molar-refractivity contribution in [2.45, 2.75) is 51.4 Å². The number of nitrogens with one attached hydrogen (secondary N) is 3. The molecule has 1 fully saturated rings. The van der Waals surface area contributed by atoms with Crippen molar-refractivity contribution in [1.82, 2.24) is 26.1 Å². The van der Waals surface area contributed by atoms with Crippen LogP contribution >= 0.6 is 0 Å². The Morgan fingerprint density at radius 3 is 2.62 bits per heavy atom. The number of aliphatic hydroxyl groups excluding tert-OH is 1. The summed E-state index contributed by atoms with van der Waals surface area (Å²) in [6.45, 7) is 3.46. The van der Waals surface area contributed by atoms with Crippen LogP contribution in [0.4, 0.5) is 4.79 Å². The van der Waals surface area contributed by atoms with Gasteiger partial charge in [0.1, 0.15) is 0 Å². The zero-order valence-electron chi connectivity index (χ0n) is 14.6. The van der Waals surface area contributed by atoms with E-state index in [0.717, 1.165) is 19.4 Å². The normalized spacial score (nSPS) is 18.2. The first-order valence-electron chi connectivity index (χ1n) is 7.97. The lowest BCUT2D eigenvalue weighted by Crippen LogP contribution is -2.51. The number of hydrogen-bond acceptors (Lipinski definition) is 8. The average Bonchev–Trinajstić information content (AvgIpc) is 3.20. The third-order valence-electron chi connectivity index (χ3n) is 3.29. The fraction of sp³-hybridized carbons (Fsp3) is 0.643. The second-order valence-corrected chi connectivity index (χ2v) is 5.69. The quantitative estimate of drug-likeness (QED) is 0.349. The first kappa shape index (κ1) is 21.3. The van der Waals surface area contributed by atoms with Crippen LogP contribution in [0.1, 0.15) is 44.4 Å². The fourth-order valence-electron chi connectivity index (χ4n) is 2.12. The Morgan fingerprint density at radius 2 is 2.12 bits per heavy atom. The molecule has 0 spiro atoms. The van der Waals surface area contributed by atoms with Crippen molar-refractivity contribution in [1.29, 1.82) is 0 Å².